The van der Waals surface area contributed by atoms with Crippen LogP contribution in [0.4, 0.5) is 0 Å². The SMILES string of the molecule is CC(=O)N1CCN(S(=O)(=O)c2ccc(C(=O)N3CCCC(C)C3)cc2)CC1. The molecule has 3 rings (SSSR count). The first-order valence-corrected chi connectivity index (χ1v) is 10.9. The summed E-state index contributed by atoms with van der Waals surface area (Å²) in [4.78, 5) is 27.7. The van der Waals surface area contributed by atoms with Crippen LogP contribution in [0.5, 0.6) is 0 Å². The van der Waals surface area contributed by atoms with Gasteiger partial charge in [-0.15, -0.1) is 0 Å². The van der Waals surface area contributed by atoms with Crippen molar-refractivity contribution in [2.45, 2.75) is 31.6 Å². The maximum Gasteiger partial charge on any atom is 0.253 e. The van der Waals surface area contributed by atoms with Gasteiger partial charge in [0.2, 0.25) is 15.9 Å². The number of hydrogen-bond donors (Lipinski definition) is 0. The molecule has 1 aromatic rings. The number of sulfonamides is 1. The molecular weight excluding hydrogens is 366 g/mol. The lowest BCUT2D eigenvalue weighted by Crippen LogP contribution is -2.49. The molecule has 2 aliphatic heterocycles. The van der Waals surface area contributed by atoms with Gasteiger partial charge in [0, 0.05) is 51.8 Å². The van der Waals surface area contributed by atoms with Gasteiger partial charge in [-0.1, -0.05) is 6.92 Å². The van der Waals surface area contributed by atoms with E-state index in [0.717, 1.165) is 25.9 Å². The Balaban J connectivity index is 1.69. The number of amides is 2. The molecule has 2 fully saturated rings. The van der Waals surface area contributed by atoms with Crippen LogP contribution in [-0.4, -0.2) is 73.6 Å². The van der Waals surface area contributed by atoms with Crippen molar-refractivity contribution in [3.63, 3.8) is 0 Å². The normalized spacial score (nSPS) is 21.9. The van der Waals surface area contributed by atoms with Crippen LogP contribution < -0.4 is 0 Å². The molecule has 2 saturated heterocycles. The van der Waals surface area contributed by atoms with Crippen molar-refractivity contribution in [3.05, 3.63) is 29.8 Å². The lowest BCUT2D eigenvalue weighted by molar-refractivity contribution is -0.129. The largest absolute Gasteiger partial charge is 0.340 e. The molecule has 0 aliphatic carbocycles. The molecule has 2 heterocycles. The Kier molecular flexibility index (Phi) is 5.86. The summed E-state index contributed by atoms with van der Waals surface area (Å²) in [6, 6.07) is 6.21. The van der Waals surface area contributed by atoms with E-state index in [-0.39, 0.29) is 29.8 Å². The average molecular weight is 394 g/mol. The fraction of sp³-hybridized carbons (Fsp3) is 0.579. The number of piperidine rings is 1. The first-order chi connectivity index (χ1) is 12.8. The summed E-state index contributed by atoms with van der Waals surface area (Å²) in [5, 5.41) is 0. The fourth-order valence-corrected chi connectivity index (χ4v) is 5.14. The van der Waals surface area contributed by atoms with Crippen LogP contribution in [0.1, 0.15) is 37.0 Å². The number of likely N-dealkylation sites (tertiary alicyclic amines) is 1. The van der Waals surface area contributed by atoms with Crippen molar-refractivity contribution < 1.29 is 18.0 Å². The zero-order chi connectivity index (χ0) is 19.6. The summed E-state index contributed by atoms with van der Waals surface area (Å²) in [5.41, 5.74) is 0.518. The van der Waals surface area contributed by atoms with E-state index in [4.69, 9.17) is 0 Å². The molecule has 0 bridgehead atoms. The van der Waals surface area contributed by atoms with Gasteiger partial charge >= 0.3 is 0 Å². The van der Waals surface area contributed by atoms with Crippen molar-refractivity contribution in [2.75, 3.05) is 39.3 Å². The molecule has 1 unspecified atom stereocenters. The van der Waals surface area contributed by atoms with E-state index in [1.165, 1.54) is 23.4 Å². The highest BCUT2D eigenvalue weighted by Crippen LogP contribution is 2.21. The molecule has 2 amide bonds. The van der Waals surface area contributed by atoms with Gasteiger partial charge in [-0.05, 0) is 43.0 Å². The zero-order valence-electron chi connectivity index (χ0n) is 15.9. The standard InChI is InChI=1S/C19H27N3O4S/c1-15-4-3-9-21(14-15)19(24)17-5-7-18(8-6-17)27(25,26)22-12-10-20(11-13-22)16(2)23/h5-8,15H,3-4,9-14H2,1-2H3. The third-order valence-corrected chi connectivity index (χ3v) is 7.28. The number of nitrogens with zero attached hydrogens (tertiary/aromatic N) is 3. The second-order valence-corrected chi connectivity index (χ2v) is 9.37. The minimum atomic E-state index is -3.62. The summed E-state index contributed by atoms with van der Waals surface area (Å²) in [5.74, 6) is 0.415. The number of rotatable bonds is 3. The van der Waals surface area contributed by atoms with Crippen LogP contribution in [0, 0.1) is 5.92 Å². The van der Waals surface area contributed by atoms with Crippen molar-refractivity contribution in [1.29, 1.82) is 0 Å². The molecule has 0 N–H and O–H groups in total. The number of carbonyl (C=O) groups is 2. The highest BCUT2D eigenvalue weighted by molar-refractivity contribution is 7.89. The van der Waals surface area contributed by atoms with E-state index in [2.05, 4.69) is 6.92 Å². The Labute approximate surface area is 161 Å². The van der Waals surface area contributed by atoms with Crippen molar-refractivity contribution >= 4 is 21.8 Å². The third kappa shape index (κ3) is 4.32. The summed E-state index contributed by atoms with van der Waals surface area (Å²) in [7, 11) is -3.62. The maximum absolute atomic E-state index is 12.8. The van der Waals surface area contributed by atoms with Gasteiger partial charge in [-0.3, -0.25) is 9.59 Å². The third-order valence-electron chi connectivity index (χ3n) is 5.37. The van der Waals surface area contributed by atoms with E-state index in [0.29, 0.717) is 24.6 Å². The molecule has 2 aliphatic rings. The summed E-state index contributed by atoms with van der Waals surface area (Å²) >= 11 is 0. The molecule has 1 atom stereocenters. The van der Waals surface area contributed by atoms with Crippen LogP contribution in [0.3, 0.4) is 0 Å². The van der Waals surface area contributed by atoms with Gasteiger partial charge in [-0.25, -0.2) is 8.42 Å². The number of piperazine rings is 1. The molecular formula is C19H27N3O4S. The first kappa shape index (κ1) is 19.8. The van der Waals surface area contributed by atoms with Gasteiger partial charge in [0.05, 0.1) is 4.90 Å². The second kappa shape index (κ2) is 7.98. The van der Waals surface area contributed by atoms with Crippen LogP contribution in [0.2, 0.25) is 0 Å². The van der Waals surface area contributed by atoms with Crippen LogP contribution in [0.25, 0.3) is 0 Å². The van der Waals surface area contributed by atoms with E-state index >= 15 is 0 Å². The summed E-state index contributed by atoms with van der Waals surface area (Å²) in [6.07, 6.45) is 2.14. The van der Waals surface area contributed by atoms with Gasteiger partial charge in [-0.2, -0.15) is 4.31 Å². The Hall–Kier alpha value is -1.93. The van der Waals surface area contributed by atoms with E-state index in [1.54, 1.807) is 17.0 Å². The molecule has 0 radical (unpaired) electrons. The highest BCUT2D eigenvalue weighted by atomic mass is 32.2. The predicted molar refractivity (Wildman–Crippen MR) is 102 cm³/mol. The maximum atomic E-state index is 12.8. The van der Waals surface area contributed by atoms with Crippen LogP contribution in [-0.2, 0) is 14.8 Å². The van der Waals surface area contributed by atoms with E-state index in [9.17, 15) is 18.0 Å². The number of carbonyl (C=O) groups excluding carboxylic acids is 2. The number of benzene rings is 1. The summed E-state index contributed by atoms with van der Waals surface area (Å²) in [6.45, 7) is 6.51. The predicted octanol–water partition coefficient (Wildman–Crippen LogP) is 1.41. The second-order valence-electron chi connectivity index (χ2n) is 7.43. The first-order valence-electron chi connectivity index (χ1n) is 9.44. The minimum Gasteiger partial charge on any atom is -0.340 e. The molecule has 27 heavy (non-hydrogen) atoms. The molecule has 7 nitrogen and oxygen atoms in total. The number of hydrogen-bond acceptors (Lipinski definition) is 4. The Morgan fingerprint density at radius 2 is 1.59 bits per heavy atom. The van der Waals surface area contributed by atoms with E-state index < -0.39 is 10.0 Å². The van der Waals surface area contributed by atoms with Gasteiger partial charge in [0.1, 0.15) is 0 Å². The molecule has 8 heteroatoms. The van der Waals surface area contributed by atoms with Crippen LogP contribution >= 0.6 is 0 Å². The smallest absolute Gasteiger partial charge is 0.253 e. The molecule has 1 aromatic carbocycles. The summed E-state index contributed by atoms with van der Waals surface area (Å²) < 4.78 is 27.0. The monoisotopic (exact) mass is 393 g/mol. The lowest BCUT2D eigenvalue weighted by Gasteiger charge is -2.33. The van der Waals surface area contributed by atoms with Gasteiger partial charge in [0.25, 0.3) is 5.91 Å². The molecule has 0 spiro atoms. The topological polar surface area (TPSA) is 78.0 Å². The Morgan fingerprint density at radius 1 is 0.963 bits per heavy atom. The lowest BCUT2D eigenvalue weighted by atomic mass is 9.99. The molecule has 0 saturated carbocycles. The zero-order valence-corrected chi connectivity index (χ0v) is 16.7. The van der Waals surface area contributed by atoms with Gasteiger partial charge in [0.15, 0.2) is 0 Å². The van der Waals surface area contributed by atoms with Crippen LogP contribution in [0.15, 0.2) is 29.2 Å². The van der Waals surface area contributed by atoms with Crippen molar-refractivity contribution in [3.8, 4) is 0 Å². The fourth-order valence-electron chi connectivity index (χ4n) is 3.72. The Morgan fingerprint density at radius 3 is 2.15 bits per heavy atom. The molecule has 148 valence electrons. The van der Waals surface area contributed by atoms with Crippen molar-refractivity contribution in [1.82, 2.24) is 14.1 Å². The minimum absolute atomic E-state index is 0.0399. The Bertz CT molecular complexity index is 799. The van der Waals surface area contributed by atoms with Gasteiger partial charge < -0.3 is 9.80 Å². The average Bonchev–Trinajstić information content (AvgIpc) is 2.67. The quantitative estimate of drug-likeness (QED) is 0.778. The highest BCUT2D eigenvalue weighted by Gasteiger charge is 2.29. The van der Waals surface area contributed by atoms with E-state index in [1.807, 2.05) is 4.90 Å². The molecule has 0 aromatic heterocycles. The van der Waals surface area contributed by atoms with Crippen molar-refractivity contribution in [2.24, 2.45) is 5.92 Å².